The first-order valence-electron chi connectivity index (χ1n) is 9.16. The zero-order valence-electron chi connectivity index (χ0n) is 15.6. The summed E-state index contributed by atoms with van der Waals surface area (Å²) in [6, 6.07) is 17.5. The van der Waals surface area contributed by atoms with Gasteiger partial charge in [-0.2, -0.15) is 0 Å². The van der Waals surface area contributed by atoms with E-state index >= 15 is 0 Å². The Hall–Kier alpha value is -2.57. The highest BCUT2D eigenvalue weighted by molar-refractivity contribution is 9.10. The average Bonchev–Trinajstić information content (AvgIpc) is 2.73. The van der Waals surface area contributed by atoms with Crippen LogP contribution in [-0.4, -0.2) is 39.3 Å². The molecular formula is C22H21BrN2O3. The second kappa shape index (κ2) is 8.20. The molecule has 0 bridgehead atoms. The van der Waals surface area contributed by atoms with Crippen molar-refractivity contribution in [2.45, 2.75) is 0 Å². The summed E-state index contributed by atoms with van der Waals surface area (Å²) in [4.78, 5) is 15.2. The first-order chi connectivity index (χ1) is 13.7. The third kappa shape index (κ3) is 3.84. The molecule has 0 aliphatic carbocycles. The number of fused-ring (bicyclic) bond motifs is 1. The number of carbonyl (C=O) groups excluding carboxylic acids is 1. The van der Waals surface area contributed by atoms with Crippen molar-refractivity contribution < 1.29 is 14.3 Å². The second-order valence-electron chi connectivity index (χ2n) is 6.62. The first-order valence-corrected chi connectivity index (χ1v) is 9.95. The number of benzene rings is 3. The van der Waals surface area contributed by atoms with Gasteiger partial charge in [0.25, 0.3) is 5.91 Å². The van der Waals surface area contributed by atoms with Crippen LogP contribution in [-0.2, 0) is 4.74 Å². The molecule has 0 radical (unpaired) electrons. The number of halogens is 1. The molecule has 1 fully saturated rings. The van der Waals surface area contributed by atoms with E-state index in [-0.39, 0.29) is 5.91 Å². The summed E-state index contributed by atoms with van der Waals surface area (Å²) < 4.78 is 11.8. The Labute approximate surface area is 172 Å². The van der Waals surface area contributed by atoms with E-state index in [9.17, 15) is 4.79 Å². The van der Waals surface area contributed by atoms with Gasteiger partial charge >= 0.3 is 0 Å². The predicted octanol–water partition coefficient (Wildman–Crippen LogP) is 4.70. The standard InChI is InChI=1S/C22H21BrN2O3/c1-27-21-13-16-5-3-2-4-15(16)12-18(21)22(26)24-17-6-7-20(19(23)14-17)25-8-10-28-11-9-25/h2-7,12-14H,8-11H2,1H3,(H,24,26). The second-order valence-corrected chi connectivity index (χ2v) is 7.47. The van der Waals surface area contributed by atoms with Crippen molar-refractivity contribution in [1.82, 2.24) is 0 Å². The normalized spacial score (nSPS) is 14.1. The molecule has 0 atom stereocenters. The fourth-order valence-corrected chi connectivity index (χ4v) is 4.04. The van der Waals surface area contributed by atoms with Crippen molar-refractivity contribution in [3.05, 3.63) is 64.6 Å². The minimum absolute atomic E-state index is 0.200. The number of carbonyl (C=O) groups is 1. The van der Waals surface area contributed by atoms with E-state index in [1.807, 2.05) is 54.6 Å². The predicted molar refractivity (Wildman–Crippen MR) is 116 cm³/mol. The fourth-order valence-electron chi connectivity index (χ4n) is 3.41. The van der Waals surface area contributed by atoms with Gasteiger partial charge in [0.2, 0.25) is 0 Å². The van der Waals surface area contributed by atoms with Gasteiger partial charge in [0.05, 0.1) is 31.6 Å². The molecule has 3 aromatic carbocycles. The summed E-state index contributed by atoms with van der Waals surface area (Å²) in [5, 5.41) is 5.01. The van der Waals surface area contributed by atoms with E-state index < -0.39 is 0 Å². The maximum absolute atomic E-state index is 12.9. The number of rotatable bonds is 4. The maximum Gasteiger partial charge on any atom is 0.259 e. The molecule has 1 saturated heterocycles. The Kier molecular flexibility index (Phi) is 5.50. The van der Waals surface area contributed by atoms with E-state index in [1.54, 1.807) is 7.11 Å². The van der Waals surface area contributed by atoms with Crippen LogP contribution in [0.2, 0.25) is 0 Å². The van der Waals surface area contributed by atoms with Crippen LogP contribution >= 0.6 is 15.9 Å². The fraction of sp³-hybridized carbons (Fsp3) is 0.227. The summed E-state index contributed by atoms with van der Waals surface area (Å²) in [6.45, 7) is 3.18. The summed E-state index contributed by atoms with van der Waals surface area (Å²) >= 11 is 3.63. The van der Waals surface area contributed by atoms with Gasteiger partial charge in [-0.15, -0.1) is 0 Å². The number of nitrogens with zero attached hydrogens (tertiary/aromatic N) is 1. The lowest BCUT2D eigenvalue weighted by atomic mass is 10.1. The number of amides is 1. The Morgan fingerprint density at radius 2 is 1.79 bits per heavy atom. The monoisotopic (exact) mass is 440 g/mol. The van der Waals surface area contributed by atoms with Gasteiger partial charge in [-0.1, -0.05) is 24.3 Å². The van der Waals surface area contributed by atoms with Crippen LogP contribution in [0.5, 0.6) is 5.75 Å². The number of methoxy groups -OCH3 is 1. The third-order valence-corrected chi connectivity index (χ3v) is 5.50. The van der Waals surface area contributed by atoms with Gasteiger partial charge < -0.3 is 19.7 Å². The highest BCUT2D eigenvalue weighted by atomic mass is 79.9. The Balaban J connectivity index is 1.58. The highest BCUT2D eigenvalue weighted by Crippen LogP contribution is 2.31. The van der Waals surface area contributed by atoms with Gasteiger partial charge in [0, 0.05) is 23.2 Å². The van der Waals surface area contributed by atoms with Crippen LogP contribution in [0, 0.1) is 0 Å². The summed E-state index contributed by atoms with van der Waals surface area (Å²) in [7, 11) is 1.58. The summed E-state index contributed by atoms with van der Waals surface area (Å²) in [5.74, 6) is 0.355. The quantitative estimate of drug-likeness (QED) is 0.638. The molecule has 28 heavy (non-hydrogen) atoms. The van der Waals surface area contributed by atoms with E-state index in [0.29, 0.717) is 11.3 Å². The lowest BCUT2D eigenvalue weighted by molar-refractivity contribution is 0.102. The number of morpholine rings is 1. The number of nitrogens with one attached hydrogen (secondary N) is 1. The van der Waals surface area contributed by atoms with Gasteiger partial charge in [0.1, 0.15) is 5.75 Å². The summed E-state index contributed by atoms with van der Waals surface area (Å²) in [6.07, 6.45) is 0. The first kappa shape index (κ1) is 18.8. The van der Waals surface area contributed by atoms with Crippen molar-refractivity contribution in [1.29, 1.82) is 0 Å². The number of hydrogen-bond acceptors (Lipinski definition) is 4. The third-order valence-electron chi connectivity index (χ3n) is 4.87. The molecule has 0 spiro atoms. The van der Waals surface area contributed by atoms with Crippen molar-refractivity contribution in [3.63, 3.8) is 0 Å². The number of anilines is 2. The van der Waals surface area contributed by atoms with Crippen molar-refractivity contribution in [2.75, 3.05) is 43.6 Å². The zero-order chi connectivity index (χ0) is 19.5. The molecule has 4 rings (SSSR count). The number of hydrogen-bond donors (Lipinski definition) is 1. The molecule has 1 aliphatic heterocycles. The molecule has 1 heterocycles. The van der Waals surface area contributed by atoms with Crippen LogP contribution in [0.3, 0.4) is 0 Å². The molecule has 1 aliphatic rings. The lowest BCUT2D eigenvalue weighted by Crippen LogP contribution is -2.36. The topological polar surface area (TPSA) is 50.8 Å². The van der Waals surface area contributed by atoms with Crippen LogP contribution in [0.15, 0.2) is 59.1 Å². The van der Waals surface area contributed by atoms with Crippen LogP contribution in [0.1, 0.15) is 10.4 Å². The molecular weight excluding hydrogens is 420 g/mol. The van der Waals surface area contributed by atoms with Crippen molar-refractivity contribution in [2.24, 2.45) is 0 Å². The van der Waals surface area contributed by atoms with Crippen molar-refractivity contribution >= 4 is 44.0 Å². The summed E-state index contributed by atoms with van der Waals surface area (Å²) in [5.41, 5.74) is 2.34. The average molecular weight is 441 g/mol. The molecule has 1 N–H and O–H groups in total. The Morgan fingerprint density at radius 3 is 2.46 bits per heavy atom. The minimum Gasteiger partial charge on any atom is -0.496 e. The van der Waals surface area contributed by atoms with E-state index in [0.717, 1.165) is 52.9 Å². The largest absolute Gasteiger partial charge is 0.496 e. The minimum atomic E-state index is -0.200. The van der Waals surface area contributed by atoms with Crippen LogP contribution in [0.25, 0.3) is 10.8 Å². The highest BCUT2D eigenvalue weighted by Gasteiger charge is 2.17. The smallest absolute Gasteiger partial charge is 0.259 e. The maximum atomic E-state index is 12.9. The molecule has 5 nitrogen and oxygen atoms in total. The molecule has 144 valence electrons. The number of ether oxygens (including phenoxy) is 2. The van der Waals surface area contributed by atoms with E-state index in [1.165, 1.54) is 0 Å². The van der Waals surface area contributed by atoms with Gasteiger partial charge in [-0.05, 0) is 57.0 Å². The molecule has 3 aromatic rings. The van der Waals surface area contributed by atoms with Gasteiger partial charge in [-0.25, -0.2) is 0 Å². The molecule has 6 heteroatoms. The van der Waals surface area contributed by atoms with Crippen LogP contribution < -0.4 is 15.0 Å². The zero-order valence-corrected chi connectivity index (χ0v) is 17.2. The van der Waals surface area contributed by atoms with Crippen LogP contribution in [0.4, 0.5) is 11.4 Å². The molecule has 0 saturated carbocycles. The van der Waals surface area contributed by atoms with Gasteiger partial charge in [-0.3, -0.25) is 4.79 Å². The van der Waals surface area contributed by atoms with Crippen molar-refractivity contribution in [3.8, 4) is 5.75 Å². The molecule has 1 amide bonds. The van der Waals surface area contributed by atoms with E-state index in [2.05, 4.69) is 26.1 Å². The lowest BCUT2D eigenvalue weighted by Gasteiger charge is -2.29. The Morgan fingerprint density at radius 1 is 1.07 bits per heavy atom. The Bertz CT molecular complexity index is 1020. The SMILES string of the molecule is COc1cc2ccccc2cc1C(=O)Nc1ccc(N2CCOCC2)c(Br)c1. The molecule has 0 aromatic heterocycles. The van der Waals surface area contributed by atoms with E-state index in [4.69, 9.17) is 9.47 Å². The molecule has 0 unspecified atom stereocenters. The van der Waals surface area contributed by atoms with Gasteiger partial charge in [0.15, 0.2) is 0 Å².